The van der Waals surface area contributed by atoms with Crippen LogP contribution < -0.4 is 0 Å². The van der Waals surface area contributed by atoms with Crippen molar-refractivity contribution >= 4 is 12.0 Å². The van der Waals surface area contributed by atoms with Crippen LogP contribution in [0.15, 0.2) is 23.9 Å². The minimum Gasteiger partial charge on any atom is -0.284 e. The van der Waals surface area contributed by atoms with Gasteiger partial charge >= 0.3 is 0 Å². The van der Waals surface area contributed by atoms with Gasteiger partial charge in [-0.25, -0.2) is 0 Å². The number of carbonyl (C=O) groups excluding carboxylic acids is 1. The lowest BCUT2D eigenvalue weighted by Gasteiger charge is -1.99. The van der Waals surface area contributed by atoms with Crippen LogP contribution in [0.2, 0.25) is 0 Å². The smallest absolute Gasteiger partial charge is 0.258 e. The predicted molar refractivity (Wildman–Crippen MR) is 52.6 cm³/mol. The number of carbonyl (C=O) groups is 1. The monoisotopic (exact) mass is 175 g/mol. The molecule has 2 rings (SSSR count). The second-order valence-corrected chi connectivity index (χ2v) is 3.38. The Balaban J connectivity index is 2.18. The van der Waals surface area contributed by atoms with Crippen LogP contribution in [0.5, 0.6) is 0 Å². The number of unbranched alkanes of at least 4 members (excludes halogenated alkanes) is 1. The molecule has 0 saturated carbocycles. The van der Waals surface area contributed by atoms with Crippen molar-refractivity contribution in [1.82, 2.24) is 4.57 Å². The standard InChI is InChI=1S/C11H13NO/c1-2-3-5-9-8-10-6-4-7-12(10)11(9)13/h4,6-8H,2-3,5H2,1H3. The molecule has 0 aliphatic carbocycles. The molecule has 0 fully saturated rings. The maximum absolute atomic E-state index is 11.7. The van der Waals surface area contributed by atoms with Gasteiger partial charge in [0.25, 0.3) is 5.91 Å². The van der Waals surface area contributed by atoms with Gasteiger partial charge in [0.2, 0.25) is 0 Å². The molecule has 68 valence electrons. The van der Waals surface area contributed by atoms with Crippen molar-refractivity contribution < 1.29 is 4.79 Å². The zero-order chi connectivity index (χ0) is 9.26. The summed E-state index contributed by atoms with van der Waals surface area (Å²) < 4.78 is 1.71. The highest BCUT2D eigenvalue weighted by Gasteiger charge is 2.19. The summed E-state index contributed by atoms with van der Waals surface area (Å²) in [4.78, 5) is 11.7. The highest BCUT2D eigenvalue weighted by molar-refractivity contribution is 6.04. The summed E-state index contributed by atoms with van der Waals surface area (Å²) >= 11 is 0. The SMILES string of the molecule is CCCCC1=Cc2cccn2C1=O. The van der Waals surface area contributed by atoms with Gasteiger partial charge in [0.15, 0.2) is 0 Å². The van der Waals surface area contributed by atoms with Gasteiger partial charge in [-0.15, -0.1) is 0 Å². The van der Waals surface area contributed by atoms with Gasteiger partial charge in [-0.3, -0.25) is 9.36 Å². The molecule has 0 unspecified atom stereocenters. The van der Waals surface area contributed by atoms with Crippen molar-refractivity contribution in [3.63, 3.8) is 0 Å². The first-order chi connectivity index (χ1) is 6.33. The third-order valence-corrected chi connectivity index (χ3v) is 2.40. The second-order valence-electron chi connectivity index (χ2n) is 3.38. The average molecular weight is 175 g/mol. The Hall–Kier alpha value is -1.31. The first kappa shape index (κ1) is 8.30. The highest BCUT2D eigenvalue weighted by atomic mass is 16.2. The van der Waals surface area contributed by atoms with Crippen LogP contribution in [0.4, 0.5) is 0 Å². The van der Waals surface area contributed by atoms with E-state index in [1.54, 1.807) is 4.57 Å². The molecule has 0 spiro atoms. The Bertz CT molecular complexity index is 360. The van der Waals surface area contributed by atoms with E-state index in [9.17, 15) is 4.79 Å². The summed E-state index contributed by atoms with van der Waals surface area (Å²) in [7, 11) is 0. The number of hydrogen-bond donors (Lipinski definition) is 0. The van der Waals surface area contributed by atoms with E-state index in [1.807, 2.05) is 24.4 Å². The molecule has 0 N–H and O–H groups in total. The van der Waals surface area contributed by atoms with Crippen LogP contribution in [-0.2, 0) is 0 Å². The van der Waals surface area contributed by atoms with Crippen molar-refractivity contribution in [3.05, 3.63) is 29.6 Å². The number of hydrogen-bond acceptors (Lipinski definition) is 1. The van der Waals surface area contributed by atoms with Gasteiger partial charge in [-0.1, -0.05) is 13.3 Å². The molecule has 2 heteroatoms. The Kier molecular flexibility index (Phi) is 2.05. The minimum absolute atomic E-state index is 0.161. The van der Waals surface area contributed by atoms with Crippen LogP contribution in [0.1, 0.15) is 36.7 Å². The van der Waals surface area contributed by atoms with Crippen LogP contribution in [0.3, 0.4) is 0 Å². The minimum atomic E-state index is 0.161. The first-order valence-electron chi connectivity index (χ1n) is 4.75. The van der Waals surface area contributed by atoms with Gasteiger partial charge < -0.3 is 0 Å². The van der Waals surface area contributed by atoms with Gasteiger partial charge in [-0.2, -0.15) is 0 Å². The zero-order valence-electron chi connectivity index (χ0n) is 7.79. The third-order valence-electron chi connectivity index (χ3n) is 2.40. The van der Waals surface area contributed by atoms with Crippen LogP contribution >= 0.6 is 0 Å². The number of aromatic nitrogens is 1. The Morgan fingerprint density at radius 2 is 2.31 bits per heavy atom. The molecular weight excluding hydrogens is 162 g/mol. The van der Waals surface area contributed by atoms with E-state index in [4.69, 9.17) is 0 Å². The van der Waals surface area contributed by atoms with Gasteiger partial charge in [0.05, 0.1) is 0 Å². The van der Waals surface area contributed by atoms with E-state index in [-0.39, 0.29) is 5.91 Å². The molecule has 0 amide bonds. The Morgan fingerprint density at radius 3 is 3.00 bits per heavy atom. The lowest BCUT2D eigenvalue weighted by molar-refractivity contribution is 0.0958. The topological polar surface area (TPSA) is 22.0 Å². The maximum Gasteiger partial charge on any atom is 0.258 e. The average Bonchev–Trinajstić information content (AvgIpc) is 2.67. The molecule has 0 saturated heterocycles. The molecule has 2 nitrogen and oxygen atoms in total. The predicted octanol–water partition coefficient (Wildman–Crippen LogP) is 2.72. The van der Waals surface area contributed by atoms with Crippen molar-refractivity contribution in [2.75, 3.05) is 0 Å². The third kappa shape index (κ3) is 1.32. The summed E-state index contributed by atoms with van der Waals surface area (Å²) in [6.07, 6.45) is 6.98. The maximum atomic E-state index is 11.7. The lowest BCUT2D eigenvalue weighted by Crippen LogP contribution is -2.07. The van der Waals surface area contributed by atoms with Crippen molar-refractivity contribution in [2.24, 2.45) is 0 Å². The van der Waals surface area contributed by atoms with Crippen molar-refractivity contribution in [3.8, 4) is 0 Å². The quantitative estimate of drug-likeness (QED) is 0.692. The van der Waals surface area contributed by atoms with Gasteiger partial charge in [-0.05, 0) is 31.1 Å². The summed E-state index contributed by atoms with van der Waals surface area (Å²) in [5.74, 6) is 0.161. The summed E-state index contributed by atoms with van der Waals surface area (Å²) in [6.45, 7) is 2.14. The molecule has 1 aromatic heterocycles. The fourth-order valence-electron chi connectivity index (χ4n) is 1.64. The normalized spacial score (nSPS) is 14.5. The van der Waals surface area contributed by atoms with Crippen LogP contribution in [0.25, 0.3) is 6.08 Å². The highest BCUT2D eigenvalue weighted by Crippen LogP contribution is 2.22. The van der Waals surface area contributed by atoms with Gasteiger partial charge in [0, 0.05) is 17.5 Å². The van der Waals surface area contributed by atoms with Crippen LogP contribution in [-0.4, -0.2) is 10.5 Å². The fraction of sp³-hybridized carbons (Fsp3) is 0.364. The van der Waals surface area contributed by atoms with E-state index in [0.717, 1.165) is 30.5 Å². The lowest BCUT2D eigenvalue weighted by atomic mass is 10.1. The molecule has 1 aromatic rings. The van der Waals surface area contributed by atoms with E-state index in [2.05, 4.69) is 6.92 Å². The van der Waals surface area contributed by atoms with Crippen LogP contribution in [0, 0.1) is 0 Å². The van der Waals surface area contributed by atoms with Crippen molar-refractivity contribution in [2.45, 2.75) is 26.2 Å². The van der Waals surface area contributed by atoms with E-state index < -0.39 is 0 Å². The Labute approximate surface area is 77.9 Å². The molecule has 1 aliphatic rings. The molecule has 0 aromatic carbocycles. The molecule has 2 heterocycles. The molecular formula is C11H13NO. The molecule has 0 atom stereocenters. The first-order valence-corrected chi connectivity index (χ1v) is 4.75. The molecule has 0 radical (unpaired) electrons. The Morgan fingerprint density at radius 1 is 1.46 bits per heavy atom. The zero-order valence-corrected chi connectivity index (χ0v) is 7.79. The summed E-state index contributed by atoms with van der Waals surface area (Å²) in [5.41, 5.74) is 1.98. The largest absolute Gasteiger partial charge is 0.284 e. The number of fused-ring (bicyclic) bond motifs is 1. The molecule has 1 aliphatic heterocycles. The van der Waals surface area contributed by atoms with E-state index in [0.29, 0.717) is 0 Å². The van der Waals surface area contributed by atoms with Gasteiger partial charge in [0.1, 0.15) is 0 Å². The van der Waals surface area contributed by atoms with Crippen molar-refractivity contribution in [1.29, 1.82) is 0 Å². The fourth-order valence-corrected chi connectivity index (χ4v) is 1.64. The summed E-state index contributed by atoms with van der Waals surface area (Å²) in [6, 6.07) is 3.87. The summed E-state index contributed by atoms with van der Waals surface area (Å²) in [5, 5.41) is 0. The second kappa shape index (κ2) is 3.21. The van der Waals surface area contributed by atoms with E-state index in [1.165, 1.54) is 0 Å². The van der Waals surface area contributed by atoms with E-state index >= 15 is 0 Å². The molecule has 0 bridgehead atoms. The molecule has 13 heavy (non-hydrogen) atoms. The number of rotatable bonds is 3. The number of allylic oxidation sites excluding steroid dienone is 1. The number of nitrogens with zero attached hydrogens (tertiary/aromatic N) is 1.